The smallest absolute Gasteiger partial charge is 0.227 e. The Hall–Kier alpha value is -2.95. The zero-order valence-electron chi connectivity index (χ0n) is 22.2. The van der Waals surface area contributed by atoms with Crippen molar-refractivity contribution < 1.29 is 14.4 Å². The van der Waals surface area contributed by atoms with Gasteiger partial charge in [-0.15, -0.1) is 0 Å². The maximum Gasteiger partial charge on any atom is 0.227 e. The molecule has 1 amide bonds. The summed E-state index contributed by atoms with van der Waals surface area (Å²) in [5, 5.41) is 2.98. The normalized spacial score (nSPS) is 13.4. The molecular weight excluding hydrogens is 448 g/mol. The molecule has 0 atom stereocenters. The van der Waals surface area contributed by atoms with Crippen LogP contribution in [0.3, 0.4) is 0 Å². The number of carbonyl (C=O) groups excluding carboxylic acids is 3. The first-order valence-electron chi connectivity index (χ1n) is 13.8. The molecule has 5 nitrogen and oxygen atoms in total. The Labute approximate surface area is 217 Å². The van der Waals surface area contributed by atoms with Gasteiger partial charge in [0.1, 0.15) is 0 Å². The van der Waals surface area contributed by atoms with E-state index in [9.17, 15) is 14.4 Å². The van der Waals surface area contributed by atoms with E-state index in [-0.39, 0.29) is 23.4 Å². The summed E-state index contributed by atoms with van der Waals surface area (Å²) in [5.74, 6) is 0.697. The van der Waals surface area contributed by atoms with Crippen LogP contribution in [0.5, 0.6) is 0 Å². The van der Waals surface area contributed by atoms with Crippen molar-refractivity contribution in [2.45, 2.75) is 97.3 Å². The lowest BCUT2D eigenvalue weighted by molar-refractivity contribution is -0.120. The minimum Gasteiger partial charge on any atom is -0.399 e. The molecule has 1 fully saturated rings. The number of nitrogen functional groups attached to an aromatic ring is 1. The molecule has 0 radical (unpaired) electrons. The number of unbranched alkanes of at least 4 members (excludes halogenated alkanes) is 4. The lowest BCUT2D eigenvalue weighted by Gasteiger charge is -2.20. The Morgan fingerprint density at radius 1 is 0.722 bits per heavy atom. The van der Waals surface area contributed by atoms with Gasteiger partial charge in [0.15, 0.2) is 11.6 Å². The molecule has 1 aliphatic rings. The molecule has 5 heteroatoms. The molecule has 3 N–H and O–H groups in total. The van der Waals surface area contributed by atoms with Crippen LogP contribution in [0.2, 0.25) is 0 Å². The molecule has 0 heterocycles. The van der Waals surface area contributed by atoms with Gasteiger partial charge in [0.05, 0.1) is 0 Å². The van der Waals surface area contributed by atoms with Gasteiger partial charge in [-0.1, -0.05) is 58.8 Å². The predicted octanol–water partition coefficient (Wildman–Crippen LogP) is 8.00. The SMILES string of the molecule is CCCCCC(=O)c1ccc(N)cc1.CCCCCC(=O)c1ccc(NC(=O)C2CCCCC2)cc1. The van der Waals surface area contributed by atoms with Gasteiger partial charge in [0, 0.05) is 41.3 Å². The number of benzene rings is 2. The summed E-state index contributed by atoms with van der Waals surface area (Å²) < 4.78 is 0. The number of amides is 1. The molecule has 0 saturated heterocycles. The van der Waals surface area contributed by atoms with Gasteiger partial charge >= 0.3 is 0 Å². The number of hydrogen-bond donors (Lipinski definition) is 2. The van der Waals surface area contributed by atoms with Crippen LogP contribution in [0.25, 0.3) is 0 Å². The number of nitrogens with two attached hydrogens (primary N) is 1. The summed E-state index contributed by atoms with van der Waals surface area (Å²) in [6.45, 7) is 4.27. The van der Waals surface area contributed by atoms with Crippen LogP contribution < -0.4 is 11.1 Å². The average Bonchev–Trinajstić information content (AvgIpc) is 2.90. The number of anilines is 2. The second-order valence-corrected chi connectivity index (χ2v) is 9.78. The Morgan fingerprint density at radius 2 is 1.19 bits per heavy atom. The number of ketones is 2. The fourth-order valence-electron chi connectivity index (χ4n) is 4.38. The van der Waals surface area contributed by atoms with Crippen LogP contribution in [-0.4, -0.2) is 17.5 Å². The van der Waals surface area contributed by atoms with Crippen LogP contribution in [0.15, 0.2) is 48.5 Å². The Balaban J connectivity index is 0.000000281. The monoisotopic (exact) mass is 492 g/mol. The molecule has 3 rings (SSSR count). The Bertz CT molecular complexity index is 929. The molecule has 0 aromatic heterocycles. The summed E-state index contributed by atoms with van der Waals surface area (Å²) in [6.07, 6.45) is 13.3. The average molecular weight is 493 g/mol. The van der Waals surface area contributed by atoms with Gasteiger partial charge in [0.25, 0.3) is 0 Å². The molecule has 0 spiro atoms. The second kappa shape index (κ2) is 16.7. The van der Waals surface area contributed by atoms with Crippen LogP contribution in [0, 0.1) is 5.92 Å². The van der Waals surface area contributed by atoms with Crippen molar-refractivity contribution in [1.29, 1.82) is 0 Å². The molecule has 0 bridgehead atoms. The molecule has 1 saturated carbocycles. The largest absolute Gasteiger partial charge is 0.399 e. The van der Waals surface area contributed by atoms with Crippen molar-refractivity contribution in [2.24, 2.45) is 5.92 Å². The van der Waals surface area contributed by atoms with E-state index in [2.05, 4.69) is 19.2 Å². The molecule has 0 unspecified atom stereocenters. The van der Waals surface area contributed by atoms with Crippen molar-refractivity contribution >= 4 is 28.8 Å². The molecule has 1 aliphatic carbocycles. The highest BCUT2D eigenvalue weighted by Crippen LogP contribution is 2.25. The van der Waals surface area contributed by atoms with E-state index in [1.165, 1.54) is 6.42 Å². The maximum absolute atomic E-state index is 12.2. The van der Waals surface area contributed by atoms with Crippen molar-refractivity contribution in [1.82, 2.24) is 0 Å². The maximum atomic E-state index is 12.2. The first kappa shape index (κ1) is 29.3. The van der Waals surface area contributed by atoms with Gasteiger partial charge in [-0.3, -0.25) is 14.4 Å². The Kier molecular flexibility index (Phi) is 13.6. The molecule has 2 aromatic rings. The van der Waals surface area contributed by atoms with Gasteiger partial charge in [-0.05, 0) is 74.2 Å². The minimum atomic E-state index is 0.127. The van der Waals surface area contributed by atoms with Crippen molar-refractivity contribution in [3.05, 3.63) is 59.7 Å². The summed E-state index contributed by atoms with van der Waals surface area (Å²) in [6, 6.07) is 14.5. The van der Waals surface area contributed by atoms with E-state index in [4.69, 9.17) is 5.73 Å². The third-order valence-corrected chi connectivity index (χ3v) is 6.70. The summed E-state index contributed by atoms with van der Waals surface area (Å²) in [4.78, 5) is 35.8. The van der Waals surface area contributed by atoms with Crippen LogP contribution >= 0.6 is 0 Å². The highest BCUT2D eigenvalue weighted by Gasteiger charge is 2.21. The first-order chi connectivity index (χ1) is 17.4. The fraction of sp³-hybridized carbons (Fsp3) is 0.516. The van der Waals surface area contributed by atoms with Crippen molar-refractivity contribution in [3.8, 4) is 0 Å². The number of Topliss-reactive ketones (excluding diaryl/α,β-unsaturated/α-hetero) is 2. The standard InChI is InChI=1S/C19H27NO2.C12H17NO/c1-2-3-5-10-18(21)15-11-13-17(14-12-15)20-19(22)16-8-6-4-7-9-16;1-2-3-4-5-12(14)10-6-8-11(13)9-7-10/h11-14,16H,2-10H2,1H3,(H,20,22);6-9H,2-5,13H2,1H3. The van der Waals surface area contributed by atoms with E-state index in [0.29, 0.717) is 18.5 Å². The van der Waals surface area contributed by atoms with Crippen LogP contribution in [0.4, 0.5) is 11.4 Å². The second-order valence-electron chi connectivity index (χ2n) is 9.78. The first-order valence-corrected chi connectivity index (χ1v) is 13.8. The molecule has 2 aromatic carbocycles. The van der Waals surface area contributed by atoms with Crippen molar-refractivity contribution in [3.63, 3.8) is 0 Å². The predicted molar refractivity (Wildman–Crippen MR) is 149 cm³/mol. The van der Waals surface area contributed by atoms with Crippen molar-refractivity contribution in [2.75, 3.05) is 11.1 Å². The van der Waals surface area contributed by atoms with E-state index < -0.39 is 0 Å². The topological polar surface area (TPSA) is 89.3 Å². The molecular formula is C31H44N2O3. The van der Waals surface area contributed by atoms with Gasteiger partial charge in [-0.25, -0.2) is 0 Å². The van der Waals surface area contributed by atoms with E-state index in [1.54, 1.807) is 24.3 Å². The Morgan fingerprint density at radius 3 is 1.67 bits per heavy atom. The number of rotatable bonds is 12. The highest BCUT2D eigenvalue weighted by atomic mass is 16.2. The lowest BCUT2D eigenvalue weighted by Crippen LogP contribution is -2.24. The zero-order chi connectivity index (χ0) is 26.2. The fourth-order valence-corrected chi connectivity index (χ4v) is 4.38. The molecule has 0 aliphatic heterocycles. The van der Waals surface area contributed by atoms with Gasteiger partial charge in [0.2, 0.25) is 5.91 Å². The summed E-state index contributed by atoms with van der Waals surface area (Å²) >= 11 is 0. The van der Waals surface area contributed by atoms with Crippen LogP contribution in [0.1, 0.15) is 118 Å². The third kappa shape index (κ3) is 10.8. The lowest BCUT2D eigenvalue weighted by atomic mass is 9.88. The summed E-state index contributed by atoms with van der Waals surface area (Å²) in [5.41, 5.74) is 8.55. The zero-order valence-corrected chi connectivity index (χ0v) is 22.2. The van der Waals surface area contributed by atoms with E-state index in [1.807, 2.05) is 24.3 Å². The summed E-state index contributed by atoms with van der Waals surface area (Å²) in [7, 11) is 0. The minimum absolute atomic E-state index is 0.127. The highest BCUT2D eigenvalue weighted by molar-refractivity contribution is 5.97. The van der Waals surface area contributed by atoms with Gasteiger partial charge in [-0.2, -0.15) is 0 Å². The van der Waals surface area contributed by atoms with E-state index in [0.717, 1.165) is 81.0 Å². The van der Waals surface area contributed by atoms with Crippen LogP contribution in [-0.2, 0) is 4.79 Å². The third-order valence-electron chi connectivity index (χ3n) is 6.70. The number of hydrogen-bond acceptors (Lipinski definition) is 4. The van der Waals surface area contributed by atoms with E-state index >= 15 is 0 Å². The molecule has 36 heavy (non-hydrogen) atoms. The number of nitrogens with one attached hydrogen (secondary N) is 1. The number of carbonyl (C=O) groups is 3. The van der Waals surface area contributed by atoms with Gasteiger partial charge < -0.3 is 11.1 Å². The quantitative estimate of drug-likeness (QED) is 0.178. The molecule has 196 valence electrons.